The van der Waals surface area contributed by atoms with Crippen LogP contribution < -0.4 is 4.90 Å². The number of fused-ring (bicyclic) bond motifs is 3. The molecule has 0 radical (unpaired) electrons. The SMILES string of the molecule is CC(C)(C)c1cn2c3ccccc3nc2n1CC[NH+]1CCCC1. The van der Waals surface area contributed by atoms with Crippen molar-refractivity contribution in [3.63, 3.8) is 0 Å². The Balaban J connectivity index is 1.80. The maximum atomic E-state index is 4.91. The normalized spacial score (nSPS) is 16.8. The van der Waals surface area contributed by atoms with Crippen molar-refractivity contribution in [3.05, 3.63) is 36.2 Å². The minimum absolute atomic E-state index is 0.127. The Morgan fingerprint density at radius 3 is 2.61 bits per heavy atom. The van der Waals surface area contributed by atoms with Crippen molar-refractivity contribution >= 4 is 16.8 Å². The fraction of sp³-hybridized carbons (Fsp3) is 0.526. The summed E-state index contributed by atoms with van der Waals surface area (Å²) in [5.41, 5.74) is 3.80. The quantitative estimate of drug-likeness (QED) is 0.789. The molecule has 1 aliphatic heterocycles. The number of hydrogen-bond acceptors (Lipinski definition) is 1. The predicted molar refractivity (Wildman–Crippen MR) is 94.2 cm³/mol. The number of nitrogens with one attached hydrogen (secondary N) is 1. The number of hydrogen-bond donors (Lipinski definition) is 1. The van der Waals surface area contributed by atoms with E-state index in [9.17, 15) is 0 Å². The van der Waals surface area contributed by atoms with Crippen molar-refractivity contribution in [2.75, 3.05) is 19.6 Å². The molecule has 4 nitrogen and oxygen atoms in total. The minimum Gasteiger partial charge on any atom is -0.333 e. The molecular formula is C19H27N4+. The molecule has 0 amide bonds. The van der Waals surface area contributed by atoms with Gasteiger partial charge in [-0.15, -0.1) is 0 Å². The molecule has 0 spiro atoms. The average Bonchev–Trinajstić information content (AvgIpc) is 3.19. The highest BCUT2D eigenvalue weighted by molar-refractivity contribution is 5.79. The molecule has 1 aliphatic rings. The van der Waals surface area contributed by atoms with Crippen LogP contribution >= 0.6 is 0 Å². The second kappa shape index (κ2) is 5.38. The van der Waals surface area contributed by atoms with Crippen LogP contribution in [0.1, 0.15) is 39.3 Å². The molecule has 4 rings (SSSR count). The highest BCUT2D eigenvalue weighted by Gasteiger charge is 2.24. The molecule has 1 saturated heterocycles. The van der Waals surface area contributed by atoms with Gasteiger partial charge in [0.15, 0.2) is 0 Å². The lowest BCUT2D eigenvalue weighted by molar-refractivity contribution is -0.888. The van der Waals surface area contributed by atoms with Gasteiger partial charge in [-0.2, -0.15) is 0 Å². The lowest BCUT2D eigenvalue weighted by Gasteiger charge is -2.21. The van der Waals surface area contributed by atoms with E-state index in [4.69, 9.17) is 4.98 Å². The molecule has 2 aromatic heterocycles. The van der Waals surface area contributed by atoms with Crippen molar-refractivity contribution in [2.45, 2.75) is 45.6 Å². The molecule has 0 aliphatic carbocycles. The summed E-state index contributed by atoms with van der Waals surface area (Å²) in [7, 11) is 0. The minimum atomic E-state index is 0.127. The van der Waals surface area contributed by atoms with Gasteiger partial charge in [0.2, 0.25) is 5.78 Å². The molecular weight excluding hydrogens is 284 g/mol. The summed E-state index contributed by atoms with van der Waals surface area (Å²) in [6.45, 7) is 11.8. The number of quaternary nitrogens is 1. The summed E-state index contributed by atoms with van der Waals surface area (Å²) < 4.78 is 4.72. The van der Waals surface area contributed by atoms with Crippen LogP contribution in [0.2, 0.25) is 0 Å². The predicted octanol–water partition coefficient (Wildman–Crippen LogP) is 2.27. The van der Waals surface area contributed by atoms with Crippen LogP contribution in [0.5, 0.6) is 0 Å². The van der Waals surface area contributed by atoms with Crippen LogP contribution in [0.15, 0.2) is 30.5 Å². The molecule has 0 atom stereocenters. The van der Waals surface area contributed by atoms with Crippen molar-refractivity contribution in [1.82, 2.24) is 14.0 Å². The van der Waals surface area contributed by atoms with Gasteiger partial charge in [0.05, 0.1) is 37.2 Å². The van der Waals surface area contributed by atoms with Crippen molar-refractivity contribution < 1.29 is 4.90 Å². The van der Waals surface area contributed by atoms with Crippen molar-refractivity contribution in [1.29, 1.82) is 0 Å². The first-order valence-electron chi connectivity index (χ1n) is 8.84. The second-order valence-corrected chi connectivity index (χ2v) is 7.89. The van der Waals surface area contributed by atoms with E-state index in [0.717, 1.165) is 17.8 Å². The highest BCUT2D eigenvalue weighted by Crippen LogP contribution is 2.27. The number of aromatic nitrogens is 3. The molecule has 1 aromatic carbocycles. The topological polar surface area (TPSA) is 26.7 Å². The fourth-order valence-corrected chi connectivity index (χ4v) is 3.86. The molecule has 122 valence electrons. The number of likely N-dealkylation sites (tertiary alicyclic amines) is 1. The summed E-state index contributed by atoms with van der Waals surface area (Å²) in [6.07, 6.45) is 5.07. The van der Waals surface area contributed by atoms with Gasteiger partial charge in [0, 0.05) is 30.1 Å². The van der Waals surface area contributed by atoms with Crippen LogP contribution in [0, 0.1) is 0 Å². The number of nitrogens with zero attached hydrogens (tertiary/aromatic N) is 3. The second-order valence-electron chi connectivity index (χ2n) is 7.89. The molecule has 3 aromatic rings. The van der Waals surface area contributed by atoms with Gasteiger partial charge in [0.1, 0.15) is 0 Å². The van der Waals surface area contributed by atoms with Crippen LogP contribution in [0.25, 0.3) is 16.8 Å². The van der Waals surface area contributed by atoms with E-state index in [1.54, 1.807) is 4.90 Å². The van der Waals surface area contributed by atoms with Gasteiger partial charge >= 0.3 is 0 Å². The Kier molecular flexibility index (Phi) is 3.45. The fourth-order valence-electron chi connectivity index (χ4n) is 3.86. The van der Waals surface area contributed by atoms with Crippen LogP contribution in [-0.4, -0.2) is 33.6 Å². The van der Waals surface area contributed by atoms with Crippen molar-refractivity contribution in [3.8, 4) is 0 Å². The van der Waals surface area contributed by atoms with E-state index in [0.29, 0.717) is 0 Å². The van der Waals surface area contributed by atoms with Crippen LogP contribution in [0.3, 0.4) is 0 Å². The molecule has 1 fully saturated rings. The Morgan fingerprint density at radius 1 is 1.13 bits per heavy atom. The van der Waals surface area contributed by atoms with E-state index >= 15 is 0 Å². The lowest BCUT2D eigenvalue weighted by atomic mass is 9.92. The summed E-state index contributed by atoms with van der Waals surface area (Å²) >= 11 is 0. The third-order valence-corrected chi connectivity index (χ3v) is 5.13. The molecule has 0 unspecified atom stereocenters. The van der Waals surface area contributed by atoms with Crippen LogP contribution in [0.4, 0.5) is 0 Å². The van der Waals surface area contributed by atoms with Crippen LogP contribution in [-0.2, 0) is 12.0 Å². The van der Waals surface area contributed by atoms with E-state index in [1.807, 2.05) is 0 Å². The Morgan fingerprint density at radius 2 is 1.87 bits per heavy atom. The summed E-state index contributed by atoms with van der Waals surface area (Å²) in [4.78, 5) is 6.65. The third kappa shape index (κ3) is 2.55. The van der Waals surface area contributed by atoms with Gasteiger partial charge in [-0.25, -0.2) is 4.98 Å². The Labute approximate surface area is 137 Å². The largest absolute Gasteiger partial charge is 0.333 e. The standard InChI is InChI=1S/C19H26N4/c1-19(2,3)17-14-23-16-9-5-4-8-15(16)20-18(23)22(17)13-12-21-10-6-7-11-21/h4-5,8-9,14H,6-7,10-13H2,1-3H3/p+1. The molecule has 0 bridgehead atoms. The Hall–Kier alpha value is -1.81. The van der Waals surface area contributed by atoms with Crippen molar-refractivity contribution in [2.24, 2.45) is 0 Å². The van der Waals surface area contributed by atoms with E-state index in [1.165, 1.54) is 43.7 Å². The summed E-state index contributed by atoms with van der Waals surface area (Å²) in [6, 6.07) is 8.43. The van der Waals surface area contributed by atoms with E-state index in [-0.39, 0.29) is 5.41 Å². The number of imidazole rings is 2. The number of benzene rings is 1. The number of rotatable bonds is 3. The maximum absolute atomic E-state index is 4.91. The van der Waals surface area contributed by atoms with E-state index < -0.39 is 0 Å². The monoisotopic (exact) mass is 311 g/mol. The maximum Gasteiger partial charge on any atom is 0.215 e. The molecule has 0 saturated carbocycles. The summed E-state index contributed by atoms with van der Waals surface area (Å²) in [5.74, 6) is 1.09. The summed E-state index contributed by atoms with van der Waals surface area (Å²) in [5, 5.41) is 0. The number of para-hydroxylation sites is 2. The Bertz CT molecular complexity index is 828. The zero-order valence-corrected chi connectivity index (χ0v) is 14.5. The lowest BCUT2D eigenvalue weighted by Crippen LogP contribution is -3.10. The third-order valence-electron chi connectivity index (χ3n) is 5.13. The smallest absolute Gasteiger partial charge is 0.215 e. The van der Waals surface area contributed by atoms with Gasteiger partial charge in [0.25, 0.3) is 0 Å². The zero-order chi connectivity index (χ0) is 16.0. The molecule has 3 heterocycles. The van der Waals surface area contributed by atoms with Gasteiger partial charge in [-0.3, -0.25) is 4.40 Å². The molecule has 4 heteroatoms. The first-order chi connectivity index (χ1) is 11.0. The zero-order valence-electron chi connectivity index (χ0n) is 14.5. The van der Waals surface area contributed by atoms with Gasteiger partial charge in [-0.1, -0.05) is 32.9 Å². The van der Waals surface area contributed by atoms with E-state index in [2.05, 4.69) is 60.2 Å². The first kappa shape index (κ1) is 14.8. The molecule has 23 heavy (non-hydrogen) atoms. The van der Waals surface area contributed by atoms with Gasteiger partial charge < -0.3 is 9.47 Å². The first-order valence-corrected chi connectivity index (χ1v) is 8.84. The average molecular weight is 311 g/mol. The van der Waals surface area contributed by atoms with Gasteiger partial charge in [-0.05, 0) is 12.1 Å². The molecule has 1 N–H and O–H groups in total. The highest BCUT2D eigenvalue weighted by atomic mass is 15.2.